The summed E-state index contributed by atoms with van der Waals surface area (Å²) in [5.41, 5.74) is 2.45. The van der Waals surface area contributed by atoms with Crippen molar-refractivity contribution in [3.63, 3.8) is 0 Å². The molecule has 7 nitrogen and oxygen atoms in total. The van der Waals surface area contributed by atoms with Crippen molar-refractivity contribution >= 4 is 23.4 Å². The smallest absolute Gasteiger partial charge is 0.237 e. The molecule has 0 aliphatic carbocycles. The third-order valence-corrected chi connectivity index (χ3v) is 6.05. The van der Waals surface area contributed by atoms with Crippen LogP contribution in [0.15, 0.2) is 90.1 Å². The predicted octanol–water partition coefficient (Wildman–Crippen LogP) is 4.98. The molecule has 3 aromatic carbocycles. The Balaban J connectivity index is 1.65. The Labute approximate surface area is 202 Å². The summed E-state index contributed by atoms with van der Waals surface area (Å²) >= 11 is 1.31. The zero-order chi connectivity index (χ0) is 23.8. The Hall–Kier alpha value is -4.09. The van der Waals surface area contributed by atoms with E-state index in [1.807, 2.05) is 89.5 Å². The van der Waals surface area contributed by atoms with Gasteiger partial charge in [0.15, 0.2) is 11.0 Å². The molecule has 0 spiro atoms. The number of hydrogen-bond acceptors (Lipinski definition) is 6. The third kappa shape index (κ3) is 5.11. The minimum atomic E-state index is -0.104. The molecule has 0 bridgehead atoms. The normalized spacial score (nSPS) is 10.5. The summed E-state index contributed by atoms with van der Waals surface area (Å²) in [5.74, 6) is 1.36. The van der Waals surface area contributed by atoms with E-state index in [2.05, 4.69) is 16.3 Å². The van der Waals surface area contributed by atoms with Crippen LogP contribution in [-0.4, -0.2) is 40.1 Å². The van der Waals surface area contributed by atoms with Crippen molar-refractivity contribution in [3.8, 4) is 28.9 Å². The van der Waals surface area contributed by atoms with Crippen molar-refractivity contribution in [1.82, 2.24) is 14.8 Å². The first kappa shape index (κ1) is 23.1. The number of carbonyl (C=O) groups is 1. The molecule has 170 valence electrons. The van der Waals surface area contributed by atoms with Crippen LogP contribution in [0.1, 0.15) is 6.42 Å². The van der Waals surface area contributed by atoms with E-state index in [1.54, 1.807) is 12.0 Å². The number of nitriles is 1. The minimum Gasteiger partial charge on any atom is -0.496 e. The quantitative estimate of drug-likeness (QED) is 0.322. The Morgan fingerprint density at radius 2 is 1.68 bits per heavy atom. The van der Waals surface area contributed by atoms with Crippen LogP contribution in [0, 0.1) is 11.3 Å². The average molecular weight is 470 g/mol. The minimum absolute atomic E-state index is 0.104. The topological polar surface area (TPSA) is 84.0 Å². The van der Waals surface area contributed by atoms with Crippen LogP contribution in [0.25, 0.3) is 17.1 Å². The van der Waals surface area contributed by atoms with E-state index in [4.69, 9.17) is 10.00 Å². The summed E-state index contributed by atoms with van der Waals surface area (Å²) in [6.45, 7) is 0.331. The third-order valence-electron chi connectivity index (χ3n) is 5.14. The van der Waals surface area contributed by atoms with E-state index in [-0.39, 0.29) is 18.1 Å². The first-order valence-corrected chi connectivity index (χ1v) is 11.7. The fraction of sp³-hybridized carbons (Fsp3) is 0.154. The number of hydrogen-bond donors (Lipinski definition) is 0. The Kier molecular flexibility index (Phi) is 7.58. The lowest BCUT2D eigenvalue weighted by atomic mass is 10.2. The molecule has 0 saturated carbocycles. The van der Waals surface area contributed by atoms with Crippen molar-refractivity contribution < 1.29 is 9.53 Å². The standard InChI is InChI=1S/C26H23N5O2S/c1-33-23-16-9-8-15-22(23)25-28-29-26(31(25)21-13-6-3-7-14-21)34-19-24(32)30(18-10-17-27)20-11-4-2-5-12-20/h2-9,11-16H,10,18-19H2,1H3. The lowest BCUT2D eigenvalue weighted by Crippen LogP contribution is -2.33. The van der Waals surface area contributed by atoms with Crippen molar-refractivity contribution in [3.05, 3.63) is 84.9 Å². The SMILES string of the molecule is COc1ccccc1-c1nnc(SCC(=O)N(CCC#N)c2ccccc2)n1-c1ccccc1. The molecule has 34 heavy (non-hydrogen) atoms. The molecular weight excluding hydrogens is 446 g/mol. The second-order valence-corrected chi connectivity index (χ2v) is 8.20. The van der Waals surface area contributed by atoms with Gasteiger partial charge in [0.2, 0.25) is 5.91 Å². The second kappa shape index (κ2) is 11.2. The number of carbonyl (C=O) groups excluding carboxylic acids is 1. The molecule has 0 atom stereocenters. The van der Waals surface area contributed by atoms with Gasteiger partial charge < -0.3 is 9.64 Å². The molecule has 0 aliphatic heterocycles. The molecule has 1 amide bonds. The molecule has 1 heterocycles. The van der Waals surface area contributed by atoms with Gasteiger partial charge in [0.25, 0.3) is 0 Å². The highest BCUT2D eigenvalue weighted by Crippen LogP contribution is 2.33. The van der Waals surface area contributed by atoms with Crippen molar-refractivity contribution in [2.75, 3.05) is 24.3 Å². The molecule has 4 aromatic rings. The highest BCUT2D eigenvalue weighted by atomic mass is 32.2. The van der Waals surface area contributed by atoms with E-state index >= 15 is 0 Å². The van der Waals surface area contributed by atoms with Gasteiger partial charge in [0.05, 0.1) is 30.9 Å². The highest BCUT2D eigenvalue weighted by molar-refractivity contribution is 7.99. The van der Waals surface area contributed by atoms with Gasteiger partial charge >= 0.3 is 0 Å². The van der Waals surface area contributed by atoms with Gasteiger partial charge in [-0.25, -0.2) is 0 Å². The predicted molar refractivity (Wildman–Crippen MR) is 133 cm³/mol. The number of ether oxygens (including phenoxy) is 1. The van der Waals surface area contributed by atoms with Crippen LogP contribution in [0.2, 0.25) is 0 Å². The second-order valence-electron chi connectivity index (χ2n) is 7.26. The summed E-state index contributed by atoms with van der Waals surface area (Å²) in [6.07, 6.45) is 0.253. The highest BCUT2D eigenvalue weighted by Gasteiger charge is 2.21. The Bertz CT molecular complexity index is 1290. The van der Waals surface area contributed by atoms with E-state index in [9.17, 15) is 4.79 Å². The first-order valence-electron chi connectivity index (χ1n) is 10.7. The summed E-state index contributed by atoms with van der Waals surface area (Å²) in [4.78, 5) is 14.8. The summed E-state index contributed by atoms with van der Waals surface area (Å²) in [5, 5.41) is 18.5. The maximum absolute atomic E-state index is 13.2. The fourth-order valence-corrected chi connectivity index (χ4v) is 4.38. The molecular formula is C26H23N5O2S. The van der Waals surface area contributed by atoms with Crippen LogP contribution < -0.4 is 9.64 Å². The fourth-order valence-electron chi connectivity index (χ4n) is 3.55. The molecule has 0 N–H and O–H groups in total. The Morgan fingerprint density at radius 3 is 2.38 bits per heavy atom. The number of thioether (sulfide) groups is 1. The average Bonchev–Trinajstić information content (AvgIpc) is 3.32. The zero-order valence-corrected chi connectivity index (χ0v) is 19.5. The maximum Gasteiger partial charge on any atom is 0.237 e. The van der Waals surface area contributed by atoms with Crippen LogP contribution >= 0.6 is 11.8 Å². The molecule has 1 aromatic heterocycles. The van der Waals surface area contributed by atoms with Crippen LogP contribution in [0.3, 0.4) is 0 Å². The van der Waals surface area contributed by atoms with Gasteiger partial charge in [-0.15, -0.1) is 10.2 Å². The van der Waals surface area contributed by atoms with Crippen LogP contribution in [0.5, 0.6) is 5.75 Å². The molecule has 0 fully saturated rings. The number of aromatic nitrogens is 3. The summed E-state index contributed by atoms with van der Waals surface area (Å²) in [6, 6.07) is 28.9. The Morgan fingerprint density at radius 1 is 1.00 bits per heavy atom. The molecule has 0 saturated heterocycles. The summed E-state index contributed by atoms with van der Waals surface area (Å²) < 4.78 is 7.47. The van der Waals surface area contributed by atoms with E-state index < -0.39 is 0 Å². The number of methoxy groups -OCH3 is 1. The van der Waals surface area contributed by atoms with E-state index in [0.29, 0.717) is 23.3 Å². The van der Waals surface area contributed by atoms with Gasteiger partial charge in [-0.1, -0.05) is 60.3 Å². The molecule has 4 rings (SSSR count). The van der Waals surface area contributed by atoms with E-state index in [0.717, 1.165) is 16.9 Å². The van der Waals surface area contributed by atoms with Crippen LogP contribution in [0.4, 0.5) is 5.69 Å². The number of benzene rings is 3. The number of para-hydroxylation sites is 3. The molecule has 0 unspecified atom stereocenters. The van der Waals surface area contributed by atoms with Crippen LogP contribution in [-0.2, 0) is 4.79 Å². The van der Waals surface area contributed by atoms with Crippen molar-refractivity contribution in [1.29, 1.82) is 5.26 Å². The van der Waals surface area contributed by atoms with Gasteiger partial charge in [-0.3, -0.25) is 9.36 Å². The number of rotatable bonds is 9. The largest absolute Gasteiger partial charge is 0.496 e. The molecule has 0 radical (unpaired) electrons. The van der Waals surface area contributed by atoms with Crippen molar-refractivity contribution in [2.24, 2.45) is 0 Å². The number of amides is 1. The number of anilines is 1. The van der Waals surface area contributed by atoms with Gasteiger partial charge in [-0.2, -0.15) is 5.26 Å². The molecule has 0 aliphatic rings. The van der Waals surface area contributed by atoms with Gasteiger partial charge in [-0.05, 0) is 36.4 Å². The maximum atomic E-state index is 13.2. The lowest BCUT2D eigenvalue weighted by molar-refractivity contribution is -0.116. The lowest BCUT2D eigenvalue weighted by Gasteiger charge is -2.21. The summed E-state index contributed by atoms with van der Waals surface area (Å²) in [7, 11) is 1.62. The van der Waals surface area contributed by atoms with E-state index in [1.165, 1.54) is 11.8 Å². The molecule has 8 heteroatoms. The van der Waals surface area contributed by atoms with Gasteiger partial charge in [0.1, 0.15) is 5.75 Å². The monoisotopic (exact) mass is 469 g/mol. The van der Waals surface area contributed by atoms with Gasteiger partial charge in [0, 0.05) is 17.9 Å². The zero-order valence-electron chi connectivity index (χ0n) is 18.7. The first-order chi connectivity index (χ1) is 16.7. The number of nitrogens with zero attached hydrogens (tertiary/aromatic N) is 5. The van der Waals surface area contributed by atoms with Crippen molar-refractivity contribution in [2.45, 2.75) is 11.6 Å².